The second-order valence-electron chi connectivity index (χ2n) is 5.48. The monoisotopic (exact) mass is 302 g/mol. The van der Waals surface area contributed by atoms with Gasteiger partial charge in [0.05, 0.1) is 11.3 Å². The van der Waals surface area contributed by atoms with Crippen molar-refractivity contribution in [2.75, 3.05) is 0 Å². The van der Waals surface area contributed by atoms with Gasteiger partial charge in [-0.05, 0) is 22.8 Å². The summed E-state index contributed by atoms with van der Waals surface area (Å²) in [5, 5.41) is 0. The molecule has 3 aromatic rings. The van der Waals surface area contributed by atoms with Crippen molar-refractivity contribution in [2.24, 2.45) is 5.73 Å². The maximum atomic E-state index is 12.1. The number of amides is 1. The standard InChI is InChI=1S/C20H18N2O/c1-14(15-8-4-2-5-9-15)19-18(20(21)23)17(12-13-22-19)16-10-6-3-7-11-16/h2-14H,1H3,(H2,21,23). The summed E-state index contributed by atoms with van der Waals surface area (Å²) in [5.74, 6) is -0.461. The van der Waals surface area contributed by atoms with E-state index < -0.39 is 5.91 Å². The number of hydrogen-bond acceptors (Lipinski definition) is 2. The molecule has 23 heavy (non-hydrogen) atoms. The van der Waals surface area contributed by atoms with Gasteiger partial charge in [-0.1, -0.05) is 67.6 Å². The summed E-state index contributed by atoms with van der Waals surface area (Å²) in [7, 11) is 0. The van der Waals surface area contributed by atoms with Crippen LogP contribution in [0.25, 0.3) is 11.1 Å². The molecule has 3 rings (SSSR count). The molecule has 1 atom stereocenters. The van der Waals surface area contributed by atoms with Gasteiger partial charge in [0.15, 0.2) is 0 Å². The lowest BCUT2D eigenvalue weighted by Crippen LogP contribution is -2.18. The number of carbonyl (C=O) groups excluding carboxylic acids is 1. The highest BCUT2D eigenvalue weighted by atomic mass is 16.1. The predicted molar refractivity (Wildman–Crippen MR) is 92.1 cm³/mol. The molecule has 0 aliphatic heterocycles. The molecule has 1 heterocycles. The lowest BCUT2D eigenvalue weighted by molar-refractivity contribution is 0.0999. The fourth-order valence-corrected chi connectivity index (χ4v) is 2.82. The van der Waals surface area contributed by atoms with Gasteiger partial charge in [-0.2, -0.15) is 0 Å². The van der Waals surface area contributed by atoms with E-state index in [0.717, 1.165) is 16.7 Å². The van der Waals surface area contributed by atoms with Crippen LogP contribution in [0.15, 0.2) is 72.9 Å². The topological polar surface area (TPSA) is 56.0 Å². The van der Waals surface area contributed by atoms with Crippen LogP contribution >= 0.6 is 0 Å². The lowest BCUT2D eigenvalue weighted by atomic mass is 9.90. The normalized spacial score (nSPS) is 11.9. The fraction of sp³-hybridized carbons (Fsp3) is 0.100. The zero-order valence-corrected chi connectivity index (χ0v) is 12.9. The van der Waals surface area contributed by atoms with Gasteiger partial charge in [0.1, 0.15) is 0 Å². The fourth-order valence-electron chi connectivity index (χ4n) is 2.82. The Hall–Kier alpha value is -2.94. The van der Waals surface area contributed by atoms with Crippen LogP contribution in [0.3, 0.4) is 0 Å². The number of nitrogens with two attached hydrogens (primary N) is 1. The molecule has 3 heteroatoms. The zero-order chi connectivity index (χ0) is 16.2. The molecular weight excluding hydrogens is 284 g/mol. The van der Waals surface area contributed by atoms with Crippen LogP contribution in [0, 0.1) is 0 Å². The average molecular weight is 302 g/mol. The first kappa shape index (κ1) is 15.0. The molecule has 0 aliphatic carbocycles. The van der Waals surface area contributed by atoms with Gasteiger partial charge in [-0.15, -0.1) is 0 Å². The van der Waals surface area contributed by atoms with Crippen LogP contribution in [-0.2, 0) is 0 Å². The maximum absolute atomic E-state index is 12.1. The third-order valence-electron chi connectivity index (χ3n) is 4.02. The highest BCUT2D eigenvalue weighted by molar-refractivity contribution is 6.01. The van der Waals surface area contributed by atoms with Crippen molar-refractivity contribution in [1.29, 1.82) is 0 Å². The van der Waals surface area contributed by atoms with Crippen LogP contribution < -0.4 is 5.73 Å². The van der Waals surface area contributed by atoms with Crippen LogP contribution in [0.2, 0.25) is 0 Å². The molecular formula is C20H18N2O. The van der Waals surface area contributed by atoms with Gasteiger partial charge in [-0.3, -0.25) is 9.78 Å². The second-order valence-corrected chi connectivity index (χ2v) is 5.48. The summed E-state index contributed by atoms with van der Waals surface area (Å²) in [6, 6.07) is 21.6. The van der Waals surface area contributed by atoms with E-state index in [0.29, 0.717) is 11.3 Å². The Balaban J connectivity index is 2.17. The number of aromatic nitrogens is 1. The Morgan fingerprint density at radius 3 is 2.17 bits per heavy atom. The van der Waals surface area contributed by atoms with E-state index in [2.05, 4.69) is 4.98 Å². The van der Waals surface area contributed by atoms with Gasteiger partial charge < -0.3 is 5.73 Å². The number of carbonyl (C=O) groups is 1. The van der Waals surface area contributed by atoms with E-state index in [1.807, 2.05) is 73.7 Å². The molecule has 0 fully saturated rings. The van der Waals surface area contributed by atoms with Gasteiger partial charge in [0.2, 0.25) is 0 Å². The minimum atomic E-state index is -0.449. The Morgan fingerprint density at radius 1 is 0.957 bits per heavy atom. The summed E-state index contributed by atoms with van der Waals surface area (Å²) >= 11 is 0. The molecule has 0 radical (unpaired) electrons. The van der Waals surface area contributed by atoms with Crippen LogP contribution in [-0.4, -0.2) is 10.9 Å². The van der Waals surface area contributed by atoms with Crippen molar-refractivity contribution in [3.05, 3.63) is 89.7 Å². The first-order valence-corrected chi connectivity index (χ1v) is 7.57. The number of primary amides is 1. The molecule has 2 aromatic carbocycles. The van der Waals surface area contributed by atoms with E-state index in [-0.39, 0.29) is 5.92 Å². The molecule has 1 unspecified atom stereocenters. The summed E-state index contributed by atoms with van der Waals surface area (Å²) in [5.41, 5.74) is 9.79. The van der Waals surface area contributed by atoms with Crippen molar-refractivity contribution < 1.29 is 4.79 Å². The lowest BCUT2D eigenvalue weighted by Gasteiger charge is -2.17. The highest BCUT2D eigenvalue weighted by Gasteiger charge is 2.21. The molecule has 0 bridgehead atoms. The van der Waals surface area contributed by atoms with Crippen molar-refractivity contribution in [3.63, 3.8) is 0 Å². The number of rotatable bonds is 4. The van der Waals surface area contributed by atoms with Gasteiger partial charge in [0, 0.05) is 12.1 Å². The summed E-state index contributed by atoms with van der Waals surface area (Å²) in [4.78, 5) is 16.6. The quantitative estimate of drug-likeness (QED) is 0.792. The van der Waals surface area contributed by atoms with Crippen molar-refractivity contribution >= 4 is 5.91 Å². The first-order valence-electron chi connectivity index (χ1n) is 7.57. The van der Waals surface area contributed by atoms with Crippen LogP contribution in [0.1, 0.15) is 34.5 Å². The Labute approximate surface area is 135 Å². The SMILES string of the molecule is CC(c1ccccc1)c1nccc(-c2ccccc2)c1C(N)=O. The van der Waals surface area contributed by atoms with E-state index in [1.54, 1.807) is 6.20 Å². The molecule has 114 valence electrons. The van der Waals surface area contributed by atoms with E-state index in [1.165, 1.54) is 0 Å². The molecule has 0 spiro atoms. The first-order chi connectivity index (χ1) is 11.2. The predicted octanol–water partition coefficient (Wildman–Crippen LogP) is 4.00. The molecule has 2 N–H and O–H groups in total. The maximum Gasteiger partial charge on any atom is 0.251 e. The summed E-state index contributed by atoms with van der Waals surface area (Å²) in [6.07, 6.45) is 1.74. The molecule has 0 saturated heterocycles. The molecule has 1 amide bonds. The third kappa shape index (κ3) is 2.99. The summed E-state index contributed by atoms with van der Waals surface area (Å²) < 4.78 is 0. The van der Waals surface area contributed by atoms with Crippen molar-refractivity contribution in [3.8, 4) is 11.1 Å². The largest absolute Gasteiger partial charge is 0.366 e. The van der Waals surface area contributed by atoms with Crippen LogP contribution in [0.4, 0.5) is 0 Å². The zero-order valence-electron chi connectivity index (χ0n) is 12.9. The third-order valence-corrected chi connectivity index (χ3v) is 4.02. The van der Waals surface area contributed by atoms with Crippen molar-refractivity contribution in [1.82, 2.24) is 4.98 Å². The van der Waals surface area contributed by atoms with Crippen LogP contribution in [0.5, 0.6) is 0 Å². The van der Waals surface area contributed by atoms with Crippen molar-refractivity contribution in [2.45, 2.75) is 12.8 Å². The Kier molecular flexibility index (Phi) is 4.20. The number of pyridine rings is 1. The number of benzene rings is 2. The highest BCUT2D eigenvalue weighted by Crippen LogP contribution is 2.31. The second kappa shape index (κ2) is 6.44. The Bertz CT molecular complexity index is 814. The minimum Gasteiger partial charge on any atom is -0.366 e. The molecule has 0 saturated carbocycles. The summed E-state index contributed by atoms with van der Waals surface area (Å²) in [6.45, 7) is 2.04. The van der Waals surface area contributed by atoms with Gasteiger partial charge >= 0.3 is 0 Å². The molecule has 0 aliphatic rings. The molecule has 3 nitrogen and oxygen atoms in total. The molecule has 1 aromatic heterocycles. The van der Waals surface area contributed by atoms with E-state index >= 15 is 0 Å². The average Bonchev–Trinajstić information content (AvgIpc) is 2.62. The van der Waals surface area contributed by atoms with E-state index in [4.69, 9.17) is 5.73 Å². The van der Waals surface area contributed by atoms with Gasteiger partial charge in [0.25, 0.3) is 5.91 Å². The van der Waals surface area contributed by atoms with E-state index in [9.17, 15) is 4.79 Å². The minimum absolute atomic E-state index is 0.0117. The van der Waals surface area contributed by atoms with Gasteiger partial charge in [-0.25, -0.2) is 0 Å². The Morgan fingerprint density at radius 2 is 1.57 bits per heavy atom. The number of nitrogens with zero attached hydrogens (tertiary/aromatic N) is 1. The smallest absolute Gasteiger partial charge is 0.251 e. The number of hydrogen-bond donors (Lipinski definition) is 1.